The number of benzene rings is 1. The van der Waals surface area contributed by atoms with Crippen LogP contribution in [0.1, 0.15) is 31.7 Å². The van der Waals surface area contributed by atoms with Crippen molar-refractivity contribution in [3.05, 3.63) is 28.2 Å². The van der Waals surface area contributed by atoms with Crippen molar-refractivity contribution in [1.29, 1.82) is 5.26 Å². The summed E-state index contributed by atoms with van der Waals surface area (Å²) >= 11 is 3.40. The van der Waals surface area contributed by atoms with E-state index in [1.165, 1.54) is 19.3 Å². The van der Waals surface area contributed by atoms with E-state index >= 15 is 0 Å². The molecule has 0 radical (unpaired) electrons. The molecule has 1 aliphatic rings. The van der Waals surface area contributed by atoms with Gasteiger partial charge in [-0.25, -0.2) is 0 Å². The molecule has 84 valence electrons. The van der Waals surface area contributed by atoms with Crippen molar-refractivity contribution in [1.82, 2.24) is 0 Å². The standard InChI is InChI=1S/C13H15BrN2/c1-9(10-3-2-4-10)16-12-6-5-11(8-15)13(14)7-12/h5-7,9-10,16H,2-4H2,1H3. The van der Waals surface area contributed by atoms with Gasteiger partial charge < -0.3 is 5.32 Å². The molecule has 0 spiro atoms. The molecule has 0 aromatic heterocycles. The maximum atomic E-state index is 8.83. The second-order valence-electron chi connectivity index (χ2n) is 4.43. The zero-order valence-electron chi connectivity index (χ0n) is 9.33. The van der Waals surface area contributed by atoms with Crippen LogP contribution in [0.4, 0.5) is 5.69 Å². The Bertz CT molecular complexity index is 418. The molecule has 1 fully saturated rings. The Kier molecular flexibility index (Phi) is 3.50. The van der Waals surface area contributed by atoms with E-state index in [9.17, 15) is 0 Å². The highest BCUT2D eigenvalue weighted by Crippen LogP contribution is 2.31. The van der Waals surface area contributed by atoms with Crippen LogP contribution < -0.4 is 5.32 Å². The molecule has 3 heteroatoms. The fraction of sp³-hybridized carbons (Fsp3) is 0.462. The van der Waals surface area contributed by atoms with E-state index in [0.717, 1.165) is 16.1 Å². The Labute approximate surface area is 105 Å². The summed E-state index contributed by atoms with van der Waals surface area (Å²) in [5, 5.41) is 12.3. The average molecular weight is 279 g/mol. The van der Waals surface area contributed by atoms with Gasteiger partial charge in [0, 0.05) is 16.2 Å². The summed E-state index contributed by atoms with van der Waals surface area (Å²) < 4.78 is 0.862. The largest absolute Gasteiger partial charge is 0.382 e. The van der Waals surface area contributed by atoms with Crippen LogP contribution >= 0.6 is 15.9 Å². The monoisotopic (exact) mass is 278 g/mol. The highest BCUT2D eigenvalue weighted by molar-refractivity contribution is 9.10. The van der Waals surface area contributed by atoms with Crippen molar-refractivity contribution in [2.45, 2.75) is 32.2 Å². The fourth-order valence-corrected chi connectivity index (χ4v) is 2.48. The van der Waals surface area contributed by atoms with E-state index in [1.807, 2.05) is 18.2 Å². The molecule has 1 aromatic rings. The molecule has 0 amide bonds. The van der Waals surface area contributed by atoms with Crippen LogP contribution in [0.15, 0.2) is 22.7 Å². The van der Waals surface area contributed by atoms with Crippen LogP contribution in [-0.4, -0.2) is 6.04 Å². The Morgan fingerprint density at radius 2 is 2.25 bits per heavy atom. The Morgan fingerprint density at radius 1 is 1.50 bits per heavy atom. The average Bonchev–Trinajstić information content (AvgIpc) is 2.15. The summed E-state index contributed by atoms with van der Waals surface area (Å²) in [7, 11) is 0. The van der Waals surface area contributed by atoms with Gasteiger partial charge in [-0.05, 0) is 59.8 Å². The second kappa shape index (κ2) is 4.88. The van der Waals surface area contributed by atoms with Gasteiger partial charge in [0.1, 0.15) is 6.07 Å². The third kappa shape index (κ3) is 2.38. The molecule has 2 nitrogen and oxygen atoms in total. The smallest absolute Gasteiger partial charge is 0.100 e. The zero-order chi connectivity index (χ0) is 11.5. The number of nitrogens with one attached hydrogen (secondary N) is 1. The molecule has 0 bridgehead atoms. The van der Waals surface area contributed by atoms with Crippen LogP contribution in [0.25, 0.3) is 0 Å². The van der Waals surface area contributed by atoms with Crippen molar-refractivity contribution in [3.8, 4) is 6.07 Å². The molecule has 2 rings (SSSR count). The molecular weight excluding hydrogens is 264 g/mol. The Balaban J connectivity index is 2.04. The maximum Gasteiger partial charge on any atom is 0.100 e. The minimum absolute atomic E-state index is 0.522. The molecule has 0 saturated heterocycles. The van der Waals surface area contributed by atoms with Crippen LogP contribution in [0.3, 0.4) is 0 Å². The Morgan fingerprint density at radius 3 is 2.75 bits per heavy atom. The molecule has 1 atom stereocenters. The number of nitrogens with zero attached hydrogens (tertiary/aromatic N) is 1. The minimum atomic E-state index is 0.522. The maximum absolute atomic E-state index is 8.83. The predicted molar refractivity (Wildman–Crippen MR) is 69.3 cm³/mol. The van der Waals surface area contributed by atoms with E-state index in [4.69, 9.17) is 5.26 Å². The lowest BCUT2D eigenvalue weighted by molar-refractivity contribution is 0.285. The first-order valence-electron chi connectivity index (χ1n) is 5.67. The third-order valence-electron chi connectivity index (χ3n) is 3.34. The van der Waals surface area contributed by atoms with Gasteiger partial charge in [0.2, 0.25) is 0 Å². The molecule has 0 heterocycles. The first-order valence-corrected chi connectivity index (χ1v) is 6.46. The molecular formula is C13H15BrN2. The van der Waals surface area contributed by atoms with Crippen molar-refractivity contribution in [2.24, 2.45) is 5.92 Å². The first-order chi connectivity index (χ1) is 7.70. The highest BCUT2D eigenvalue weighted by atomic mass is 79.9. The SMILES string of the molecule is CC(Nc1ccc(C#N)c(Br)c1)C1CCC1. The van der Waals surface area contributed by atoms with Gasteiger partial charge >= 0.3 is 0 Å². The first kappa shape index (κ1) is 11.5. The summed E-state index contributed by atoms with van der Waals surface area (Å²) in [4.78, 5) is 0. The van der Waals surface area contributed by atoms with Crippen molar-refractivity contribution in [2.75, 3.05) is 5.32 Å². The normalized spacial score (nSPS) is 17.3. The lowest BCUT2D eigenvalue weighted by Crippen LogP contribution is -2.30. The van der Waals surface area contributed by atoms with E-state index in [-0.39, 0.29) is 0 Å². The molecule has 1 saturated carbocycles. The fourth-order valence-electron chi connectivity index (χ4n) is 2.02. The summed E-state index contributed by atoms with van der Waals surface area (Å²) in [6.45, 7) is 2.23. The lowest BCUT2D eigenvalue weighted by Gasteiger charge is -2.32. The molecule has 1 aliphatic carbocycles. The molecule has 1 aromatic carbocycles. The summed E-state index contributed by atoms with van der Waals surface area (Å²) in [5.74, 6) is 0.814. The van der Waals surface area contributed by atoms with Gasteiger partial charge in [-0.3, -0.25) is 0 Å². The van der Waals surface area contributed by atoms with Crippen LogP contribution in [0.5, 0.6) is 0 Å². The number of anilines is 1. The quantitative estimate of drug-likeness (QED) is 0.910. The number of rotatable bonds is 3. The van der Waals surface area contributed by atoms with E-state index in [1.54, 1.807) is 0 Å². The van der Waals surface area contributed by atoms with E-state index < -0.39 is 0 Å². The highest BCUT2D eigenvalue weighted by Gasteiger charge is 2.23. The third-order valence-corrected chi connectivity index (χ3v) is 4.00. The number of hydrogen-bond donors (Lipinski definition) is 1. The van der Waals surface area contributed by atoms with Crippen molar-refractivity contribution in [3.63, 3.8) is 0 Å². The lowest BCUT2D eigenvalue weighted by atomic mass is 9.80. The number of nitriles is 1. The van der Waals surface area contributed by atoms with Gasteiger partial charge in [-0.2, -0.15) is 5.26 Å². The predicted octanol–water partition coefficient (Wildman–Crippen LogP) is 3.92. The molecule has 16 heavy (non-hydrogen) atoms. The number of halogens is 1. The topological polar surface area (TPSA) is 35.8 Å². The molecule has 0 aliphatic heterocycles. The van der Waals surface area contributed by atoms with Crippen LogP contribution in [-0.2, 0) is 0 Å². The molecule has 1 unspecified atom stereocenters. The molecule has 1 N–H and O–H groups in total. The van der Waals surface area contributed by atoms with Crippen LogP contribution in [0.2, 0.25) is 0 Å². The van der Waals surface area contributed by atoms with Gasteiger partial charge in [-0.1, -0.05) is 6.42 Å². The van der Waals surface area contributed by atoms with Crippen molar-refractivity contribution < 1.29 is 0 Å². The summed E-state index contributed by atoms with van der Waals surface area (Å²) in [5.41, 5.74) is 1.77. The van der Waals surface area contributed by atoms with Gasteiger partial charge in [0.05, 0.1) is 5.56 Å². The van der Waals surface area contributed by atoms with E-state index in [2.05, 4.69) is 34.2 Å². The number of hydrogen-bond acceptors (Lipinski definition) is 2. The van der Waals surface area contributed by atoms with Gasteiger partial charge in [-0.15, -0.1) is 0 Å². The Hall–Kier alpha value is -1.01. The van der Waals surface area contributed by atoms with Gasteiger partial charge in [0.15, 0.2) is 0 Å². The van der Waals surface area contributed by atoms with E-state index in [0.29, 0.717) is 11.6 Å². The van der Waals surface area contributed by atoms with Gasteiger partial charge in [0.25, 0.3) is 0 Å². The minimum Gasteiger partial charge on any atom is -0.382 e. The van der Waals surface area contributed by atoms with Crippen molar-refractivity contribution >= 4 is 21.6 Å². The summed E-state index contributed by atoms with van der Waals surface area (Å²) in [6.07, 6.45) is 4.05. The summed E-state index contributed by atoms with van der Waals surface area (Å²) in [6, 6.07) is 8.47. The second-order valence-corrected chi connectivity index (χ2v) is 5.28. The van der Waals surface area contributed by atoms with Crippen LogP contribution in [0, 0.1) is 17.2 Å². The zero-order valence-corrected chi connectivity index (χ0v) is 10.9.